The van der Waals surface area contributed by atoms with Crippen molar-refractivity contribution in [2.45, 2.75) is 38.5 Å². The van der Waals surface area contributed by atoms with E-state index in [4.69, 9.17) is 0 Å². The maximum Gasteiger partial charge on any atom is 0.211 e. The molecular weight excluding hydrogens is 260 g/mol. The number of rotatable bonds is 9. The summed E-state index contributed by atoms with van der Waals surface area (Å²) in [6.45, 7) is 6.73. The minimum absolute atomic E-state index is 0.107. The van der Waals surface area contributed by atoms with Crippen molar-refractivity contribution in [2.75, 3.05) is 25.1 Å². The van der Waals surface area contributed by atoms with Gasteiger partial charge in [0.15, 0.2) is 0 Å². The van der Waals surface area contributed by atoms with Crippen molar-refractivity contribution in [3.63, 3.8) is 0 Å². The summed E-state index contributed by atoms with van der Waals surface area (Å²) in [6.07, 6.45) is 2.16. The highest BCUT2D eigenvalue weighted by atomic mass is 32.2. The lowest BCUT2D eigenvalue weighted by Gasteiger charge is -2.11. The smallest absolute Gasteiger partial charge is 0.211 e. The minimum atomic E-state index is -3.23. The normalized spacial score (nSPS) is 16.1. The Kier molecular flexibility index (Phi) is 8.19. The summed E-state index contributed by atoms with van der Waals surface area (Å²) in [6, 6.07) is 0.369. The number of hydrogen-bond acceptors (Lipinski definition) is 4. The summed E-state index contributed by atoms with van der Waals surface area (Å²) in [5.74, 6) is 0.107. The van der Waals surface area contributed by atoms with Crippen molar-refractivity contribution in [1.82, 2.24) is 10.0 Å². The molecule has 0 heterocycles. The van der Waals surface area contributed by atoms with Crippen LogP contribution in [0.2, 0.25) is 0 Å². The molecule has 2 atom stereocenters. The highest BCUT2D eigenvalue weighted by Crippen LogP contribution is 1.94. The van der Waals surface area contributed by atoms with E-state index in [1.807, 2.05) is 13.8 Å². The lowest BCUT2D eigenvalue weighted by atomic mass is 10.4. The van der Waals surface area contributed by atoms with E-state index >= 15 is 0 Å². The van der Waals surface area contributed by atoms with Crippen LogP contribution in [0.4, 0.5) is 0 Å². The summed E-state index contributed by atoms with van der Waals surface area (Å²) in [4.78, 5) is 0. The first kappa shape index (κ1) is 17.0. The van der Waals surface area contributed by atoms with Crippen LogP contribution in [0, 0.1) is 0 Å². The maximum atomic E-state index is 11.6. The third-order valence-corrected chi connectivity index (χ3v) is 5.03. The van der Waals surface area contributed by atoms with Crippen LogP contribution < -0.4 is 10.0 Å². The lowest BCUT2D eigenvalue weighted by molar-refractivity contribution is 0.560. The standard InChI is InChI=1S/C10H24N2O3S2/c1-9(2)11-6-5-7-17(14,15)12-8-10(3)16(4)13/h9-12H,5-8H2,1-4H3. The summed E-state index contributed by atoms with van der Waals surface area (Å²) >= 11 is 0. The molecule has 5 nitrogen and oxygen atoms in total. The molecule has 0 aliphatic rings. The van der Waals surface area contributed by atoms with Gasteiger partial charge in [-0.1, -0.05) is 13.8 Å². The summed E-state index contributed by atoms with van der Waals surface area (Å²) < 4.78 is 36.7. The van der Waals surface area contributed by atoms with Gasteiger partial charge < -0.3 is 5.32 Å². The highest BCUT2D eigenvalue weighted by Gasteiger charge is 2.13. The monoisotopic (exact) mass is 284 g/mol. The van der Waals surface area contributed by atoms with Gasteiger partial charge in [0.05, 0.1) is 5.75 Å². The van der Waals surface area contributed by atoms with Gasteiger partial charge in [-0.3, -0.25) is 4.21 Å². The zero-order chi connectivity index (χ0) is 13.5. The average Bonchev–Trinajstić information content (AvgIpc) is 2.21. The molecular formula is C10H24N2O3S2. The van der Waals surface area contributed by atoms with Crippen molar-refractivity contribution in [3.8, 4) is 0 Å². The van der Waals surface area contributed by atoms with E-state index in [-0.39, 0.29) is 17.5 Å². The molecule has 2 N–H and O–H groups in total. The second-order valence-corrected chi connectivity index (χ2v) is 8.17. The third kappa shape index (κ3) is 9.70. The summed E-state index contributed by atoms with van der Waals surface area (Å²) in [7, 11) is -4.23. The Balaban J connectivity index is 3.85. The first-order chi connectivity index (χ1) is 7.74. The van der Waals surface area contributed by atoms with Crippen molar-refractivity contribution in [1.29, 1.82) is 0 Å². The van der Waals surface area contributed by atoms with Crippen LogP contribution >= 0.6 is 0 Å². The van der Waals surface area contributed by atoms with E-state index in [2.05, 4.69) is 10.0 Å². The van der Waals surface area contributed by atoms with Gasteiger partial charge in [-0.25, -0.2) is 13.1 Å². The zero-order valence-corrected chi connectivity index (χ0v) is 12.7. The van der Waals surface area contributed by atoms with Crippen LogP contribution in [0.5, 0.6) is 0 Å². The van der Waals surface area contributed by atoms with Crippen LogP contribution in [0.25, 0.3) is 0 Å². The van der Waals surface area contributed by atoms with Crippen LogP contribution in [0.3, 0.4) is 0 Å². The fourth-order valence-electron chi connectivity index (χ4n) is 1.09. The summed E-state index contributed by atoms with van der Waals surface area (Å²) in [5, 5.41) is 3.01. The molecule has 104 valence electrons. The fraction of sp³-hybridized carbons (Fsp3) is 1.00. The molecule has 0 fully saturated rings. The molecule has 0 saturated carbocycles. The highest BCUT2D eigenvalue weighted by molar-refractivity contribution is 7.89. The molecule has 0 spiro atoms. The molecule has 7 heteroatoms. The van der Waals surface area contributed by atoms with Gasteiger partial charge in [-0.15, -0.1) is 0 Å². The van der Waals surface area contributed by atoms with Gasteiger partial charge in [0.2, 0.25) is 10.0 Å². The molecule has 0 amide bonds. The van der Waals surface area contributed by atoms with Crippen molar-refractivity contribution in [2.24, 2.45) is 0 Å². The summed E-state index contributed by atoms with van der Waals surface area (Å²) in [5.41, 5.74) is 0. The second-order valence-electron chi connectivity index (χ2n) is 4.44. The quantitative estimate of drug-likeness (QED) is 0.587. The molecule has 17 heavy (non-hydrogen) atoms. The Bertz CT molecular complexity index is 328. The van der Waals surface area contributed by atoms with E-state index in [1.54, 1.807) is 13.2 Å². The predicted octanol–water partition coefficient (Wildman–Crippen LogP) is 0.0609. The number of nitrogens with one attached hydrogen (secondary N) is 2. The maximum absolute atomic E-state index is 11.6. The topological polar surface area (TPSA) is 75.3 Å². The van der Waals surface area contributed by atoms with Crippen molar-refractivity contribution >= 4 is 20.8 Å². The average molecular weight is 284 g/mol. The Morgan fingerprint density at radius 1 is 1.24 bits per heavy atom. The Morgan fingerprint density at radius 2 is 1.82 bits per heavy atom. The van der Waals surface area contributed by atoms with Gasteiger partial charge in [0, 0.05) is 34.9 Å². The van der Waals surface area contributed by atoms with E-state index in [0.717, 1.165) is 0 Å². The molecule has 0 aliphatic heterocycles. The molecule has 0 saturated heterocycles. The molecule has 0 aromatic carbocycles. The van der Waals surface area contributed by atoms with Crippen molar-refractivity contribution in [3.05, 3.63) is 0 Å². The van der Waals surface area contributed by atoms with Gasteiger partial charge >= 0.3 is 0 Å². The van der Waals surface area contributed by atoms with Crippen LogP contribution in [0.1, 0.15) is 27.2 Å². The van der Waals surface area contributed by atoms with E-state index in [0.29, 0.717) is 19.0 Å². The SMILES string of the molecule is CC(C)NCCCS(=O)(=O)NCC(C)S(C)=O. The van der Waals surface area contributed by atoms with Gasteiger partial charge in [-0.05, 0) is 19.9 Å². The molecule has 0 aliphatic carbocycles. The fourth-order valence-corrected chi connectivity index (χ4v) is 2.68. The van der Waals surface area contributed by atoms with Crippen LogP contribution in [-0.4, -0.2) is 49.0 Å². The number of hydrogen-bond donors (Lipinski definition) is 2. The van der Waals surface area contributed by atoms with Crippen LogP contribution in [-0.2, 0) is 20.8 Å². The van der Waals surface area contributed by atoms with E-state index in [1.165, 1.54) is 0 Å². The zero-order valence-electron chi connectivity index (χ0n) is 11.0. The largest absolute Gasteiger partial charge is 0.314 e. The van der Waals surface area contributed by atoms with Gasteiger partial charge in [0.25, 0.3) is 0 Å². The molecule has 0 bridgehead atoms. The van der Waals surface area contributed by atoms with Gasteiger partial charge in [-0.2, -0.15) is 0 Å². The van der Waals surface area contributed by atoms with E-state index in [9.17, 15) is 12.6 Å². The minimum Gasteiger partial charge on any atom is -0.314 e. The molecule has 0 aromatic rings. The molecule has 0 radical (unpaired) electrons. The molecule has 0 rings (SSSR count). The first-order valence-corrected chi connectivity index (χ1v) is 9.05. The predicted molar refractivity (Wildman–Crippen MR) is 73.1 cm³/mol. The molecule has 2 unspecified atom stereocenters. The third-order valence-electron chi connectivity index (χ3n) is 2.30. The Morgan fingerprint density at radius 3 is 2.29 bits per heavy atom. The van der Waals surface area contributed by atoms with Crippen LogP contribution in [0.15, 0.2) is 0 Å². The Labute approximate surface area is 107 Å². The first-order valence-electron chi connectivity index (χ1n) is 5.77. The lowest BCUT2D eigenvalue weighted by Crippen LogP contribution is -2.35. The van der Waals surface area contributed by atoms with Crippen molar-refractivity contribution < 1.29 is 12.6 Å². The van der Waals surface area contributed by atoms with Gasteiger partial charge in [0.1, 0.15) is 0 Å². The second kappa shape index (κ2) is 8.18. The van der Waals surface area contributed by atoms with E-state index < -0.39 is 20.8 Å². The number of sulfonamides is 1. The molecule has 0 aromatic heterocycles. The Hall–Kier alpha value is 0.0200.